The maximum atomic E-state index is 13.2. The van der Waals surface area contributed by atoms with Crippen LogP contribution in [0.5, 0.6) is 0 Å². The molecule has 0 aliphatic carbocycles. The minimum Gasteiger partial charge on any atom is -0.454 e. The van der Waals surface area contributed by atoms with Crippen molar-refractivity contribution in [2.75, 3.05) is 6.61 Å². The van der Waals surface area contributed by atoms with E-state index >= 15 is 0 Å². The summed E-state index contributed by atoms with van der Waals surface area (Å²) >= 11 is 3.29. The molecule has 0 bridgehead atoms. The second-order valence-corrected chi connectivity index (χ2v) is 7.02. The molecule has 0 amide bonds. The van der Waals surface area contributed by atoms with Gasteiger partial charge in [-0.3, -0.25) is 4.79 Å². The van der Waals surface area contributed by atoms with Gasteiger partial charge < -0.3 is 9.30 Å². The van der Waals surface area contributed by atoms with E-state index in [4.69, 9.17) is 4.74 Å². The molecule has 138 valence electrons. The standard InChI is InChI=1S/C21H17BrFNO3/c1-13-10-19(14(2)24(13)18-8-6-17(23)7-9-18)20(25)12-27-21(26)15-4-3-5-16(22)11-15/h3-11H,12H2,1-2H3. The van der Waals surface area contributed by atoms with Gasteiger partial charge in [-0.2, -0.15) is 0 Å². The van der Waals surface area contributed by atoms with Crippen molar-refractivity contribution in [2.24, 2.45) is 0 Å². The van der Waals surface area contributed by atoms with Gasteiger partial charge in [0.15, 0.2) is 6.61 Å². The molecule has 1 aromatic heterocycles. The van der Waals surface area contributed by atoms with Crippen molar-refractivity contribution in [3.63, 3.8) is 0 Å². The number of halogens is 2. The summed E-state index contributed by atoms with van der Waals surface area (Å²) in [6.07, 6.45) is 0. The number of esters is 1. The zero-order chi connectivity index (χ0) is 19.6. The van der Waals surface area contributed by atoms with E-state index < -0.39 is 5.97 Å². The fourth-order valence-corrected chi connectivity index (χ4v) is 3.34. The third-order valence-electron chi connectivity index (χ3n) is 4.21. The Morgan fingerprint density at radius 1 is 1.07 bits per heavy atom. The summed E-state index contributed by atoms with van der Waals surface area (Å²) < 4.78 is 20.9. The molecule has 0 fully saturated rings. The topological polar surface area (TPSA) is 48.3 Å². The summed E-state index contributed by atoms with van der Waals surface area (Å²) in [5, 5.41) is 0. The van der Waals surface area contributed by atoms with Crippen molar-refractivity contribution < 1.29 is 18.7 Å². The molecule has 0 aliphatic heterocycles. The average Bonchev–Trinajstić information content (AvgIpc) is 2.94. The molecule has 0 saturated heterocycles. The third kappa shape index (κ3) is 4.17. The van der Waals surface area contributed by atoms with Crippen LogP contribution in [-0.4, -0.2) is 22.9 Å². The summed E-state index contributed by atoms with van der Waals surface area (Å²) in [4.78, 5) is 24.7. The highest BCUT2D eigenvalue weighted by molar-refractivity contribution is 9.10. The van der Waals surface area contributed by atoms with E-state index in [1.165, 1.54) is 12.1 Å². The molecule has 0 atom stereocenters. The number of hydrogen-bond acceptors (Lipinski definition) is 3. The van der Waals surface area contributed by atoms with Crippen LogP contribution >= 0.6 is 15.9 Å². The highest BCUT2D eigenvalue weighted by Crippen LogP contribution is 2.22. The van der Waals surface area contributed by atoms with Crippen molar-refractivity contribution in [3.05, 3.63) is 87.4 Å². The fraction of sp³-hybridized carbons (Fsp3) is 0.143. The molecule has 0 spiro atoms. The van der Waals surface area contributed by atoms with Crippen molar-refractivity contribution in [1.82, 2.24) is 4.57 Å². The molecule has 0 radical (unpaired) electrons. The summed E-state index contributed by atoms with van der Waals surface area (Å²) in [6.45, 7) is 3.32. The van der Waals surface area contributed by atoms with E-state index in [1.54, 1.807) is 49.4 Å². The predicted molar refractivity (Wildman–Crippen MR) is 104 cm³/mol. The SMILES string of the molecule is Cc1cc(C(=O)COC(=O)c2cccc(Br)c2)c(C)n1-c1ccc(F)cc1. The van der Waals surface area contributed by atoms with Gasteiger partial charge in [0.2, 0.25) is 5.78 Å². The molecule has 0 N–H and O–H groups in total. The first-order valence-corrected chi connectivity index (χ1v) is 9.07. The zero-order valence-corrected chi connectivity index (χ0v) is 16.4. The van der Waals surface area contributed by atoms with Crippen LogP contribution in [0.15, 0.2) is 59.1 Å². The van der Waals surface area contributed by atoms with Gasteiger partial charge in [0, 0.05) is 27.1 Å². The van der Waals surface area contributed by atoms with E-state index in [1.807, 2.05) is 11.5 Å². The molecule has 1 heterocycles. The van der Waals surface area contributed by atoms with Gasteiger partial charge >= 0.3 is 5.97 Å². The maximum absolute atomic E-state index is 13.2. The number of rotatable bonds is 5. The number of hydrogen-bond donors (Lipinski definition) is 0. The second-order valence-electron chi connectivity index (χ2n) is 6.11. The number of aromatic nitrogens is 1. The summed E-state index contributed by atoms with van der Waals surface area (Å²) in [5.41, 5.74) is 3.15. The lowest BCUT2D eigenvalue weighted by Gasteiger charge is -2.10. The lowest BCUT2D eigenvalue weighted by atomic mass is 10.1. The van der Waals surface area contributed by atoms with Crippen LogP contribution in [0.1, 0.15) is 32.1 Å². The first-order valence-electron chi connectivity index (χ1n) is 8.27. The van der Waals surface area contributed by atoms with Crippen LogP contribution in [0.2, 0.25) is 0 Å². The van der Waals surface area contributed by atoms with Gasteiger partial charge in [-0.25, -0.2) is 9.18 Å². The van der Waals surface area contributed by atoms with E-state index in [0.29, 0.717) is 16.8 Å². The Kier molecular flexibility index (Phi) is 5.56. The Morgan fingerprint density at radius 2 is 1.78 bits per heavy atom. The molecule has 3 rings (SSSR count). The van der Waals surface area contributed by atoms with Crippen LogP contribution in [-0.2, 0) is 4.74 Å². The number of Topliss-reactive ketones (excluding diaryl/α,β-unsaturated/α-hetero) is 1. The predicted octanol–water partition coefficient (Wildman–Crippen LogP) is 5.04. The molecule has 4 nitrogen and oxygen atoms in total. The van der Waals surface area contributed by atoms with Crippen molar-refractivity contribution in [1.29, 1.82) is 0 Å². The molecule has 6 heteroatoms. The fourth-order valence-electron chi connectivity index (χ4n) is 2.94. The summed E-state index contributed by atoms with van der Waals surface area (Å²) in [6, 6.07) is 14.6. The smallest absolute Gasteiger partial charge is 0.338 e. The number of carbonyl (C=O) groups is 2. The molecule has 27 heavy (non-hydrogen) atoms. The number of aryl methyl sites for hydroxylation is 1. The zero-order valence-electron chi connectivity index (χ0n) is 14.8. The maximum Gasteiger partial charge on any atom is 0.338 e. The van der Waals surface area contributed by atoms with E-state index in [-0.39, 0.29) is 18.2 Å². The van der Waals surface area contributed by atoms with Gasteiger partial charge in [0.05, 0.1) is 5.56 Å². The molecule has 2 aromatic carbocycles. The molecule has 0 unspecified atom stereocenters. The minimum absolute atomic E-state index is 0.292. The van der Waals surface area contributed by atoms with Crippen LogP contribution in [0.4, 0.5) is 4.39 Å². The van der Waals surface area contributed by atoms with Crippen LogP contribution in [0.3, 0.4) is 0 Å². The quantitative estimate of drug-likeness (QED) is 0.421. The van der Waals surface area contributed by atoms with Gasteiger partial charge in [-0.05, 0) is 62.4 Å². The Bertz CT molecular complexity index is 1010. The summed E-state index contributed by atoms with van der Waals surface area (Å²) in [5.74, 6) is -1.17. The Balaban J connectivity index is 1.76. The summed E-state index contributed by atoms with van der Waals surface area (Å²) in [7, 11) is 0. The third-order valence-corrected chi connectivity index (χ3v) is 4.70. The highest BCUT2D eigenvalue weighted by atomic mass is 79.9. The van der Waals surface area contributed by atoms with Gasteiger partial charge in [-0.1, -0.05) is 22.0 Å². The van der Waals surface area contributed by atoms with Crippen LogP contribution in [0, 0.1) is 19.7 Å². The Labute approximate surface area is 164 Å². The monoisotopic (exact) mass is 429 g/mol. The minimum atomic E-state index is -0.558. The second kappa shape index (κ2) is 7.88. The first kappa shape index (κ1) is 19.0. The number of carbonyl (C=O) groups excluding carboxylic acids is 2. The number of ketones is 1. The van der Waals surface area contributed by atoms with Crippen molar-refractivity contribution in [3.8, 4) is 5.69 Å². The Hall–Kier alpha value is -2.73. The lowest BCUT2D eigenvalue weighted by molar-refractivity contribution is 0.0474. The van der Waals surface area contributed by atoms with E-state index in [0.717, 1.165) is 15.9 Å². The Morgan fingerprint density at radius 3 is 2.44 bits per heavy atom. The normalized spacial score (nSPS) is 10.7. The van der Waals surface area contributed by atoms with Gasteiger partial charge in [-0.15, -0.1) is 0 Å². The molecule has 0 saturated carbocycles. The van der Waals surface area contributed by atoms with Crippen molar-refractivity contribution >= 4 is 27.7 Å². The van der Waals surface area contributed by atoms with E-state index in [9.17, 15) is 14.0 Å². The molecular formula is C21H17BrFNO3. The first-order chi connectivity index (χ1) is 12.9. The molecule has 3 aromatic rings. The van der Waals surface area contributed by atoms with Crippen molar-refractivity contribution in [2.45, 2.75) is 13.8 Å². The number of ether oxygens (including phenoxy) is 1. The van der Waals surface area contributed by atoms with Crippen LogP contribution in [0.25, 0.3) is 5.69 Å². The number of benzene rings is 2. The molecular weight excluding hydrogens is 413 g/mol. The highest BCUT2D eigenvalue weighted by Gasteiger charge is 2.18. The van der Waals surface area contributed by atoms with Crippen LogP contribution < -0.4 is 0 Å². The average molecular weight is 430 g/mol. The lowest BCUT2D eigenvalue weighted by Crippen LogP contribution is -2.15. The largest absolute Gasteiger partial charge is 0.454 e. The molecule has 0 aliphatic rings. The van der Waals surface area contributed by atoms with E-state index in [2.05, 4.69) is 15.9 Å². The number of nitrogens with zero attached hydrogens (tertiary/aromatic N) is 1. The van der Waals surface area contributed by atoms with Gasteiger partial charge in [0.1, 0.15) is 5.82 Å². The van der Waals surface area contributed by atoms with Gasteiger partial charge in [0.25, 0.3) is 0 Å².